The Kier molecular flexibility index (Phi) is 4.38. The lowest BCUT2D eigenvalue weighted by Crippen LogP contribution is -1.98. The molecule has 0 aliphatic carbocycles. The summed E-state index contributed by atoms with van der Waals surface area (Å²) in [7, 11) is 1.59. The molecule has 0 unspecified atom stereocenters. The zero-order valence-corrected chi connectivity index (χ0v) is 13.0. The van der Waals surface area contributed by atoms with Crippen molar-refractivity contribution >= 4 is 28.4 Å². The van der Waals surface area contributed by atoms with Crippen molar-refractivity contribution in [3.63, 3.8) is 0 Å². The number of nitrogens with one attached hydrogen (secondary N) is 1. The summed E-state index contributed by atoms with van der Waals surface area (Å²) in [5.41, 5.74) is 3.84. The van der Waals surface area contributed by atoms with Crippen LogP contribution < -0.4 is 10.2 Å². The van der Waals surface area contributed by atoms with Crippen molar-refractivity contribution in [3.8, 4) is 5.75 Å². The van der Waals surface area contributed by atoms with E-state index in [2.05, 4.69) is 10.5 Å². The second kappa shape index (κ2) is 6.78. The van der Waals surface area contributed by atoms with Crippen molar-refractivity contribution < 1.29 is 9.66 Å². The Hall–Kier alpha value is -3.41. The van der Waals surface area contributed by atoms with Gasteiger partial charge in [0.1, 0.15) is 11.4 Å². The Bertz CT molecular complexity index is 922. The molecule has 0 saturated heterocycles. The number of rotatable bonds is 5. The summed E-state index contributed by atoms with van der Waals surface area (Å²) in [5.74, 6) is 0.682. The normalized spacial score (nSPS) is 10.9. The van der Waals surface area contributed by atoms with Gasteiger partial charge in [-0.05, 0) is 22.9 Å². The highest BCUT2D eigenvalue weighted by Crippen LogP contribution is 2.27. The molecule has 3 aromatic rings. The van der Waals surface area contributed by atoms with Crippen LogP contribution in [0.5, 0.6) is 5.75 Å². The van der Waals surface area contributed by atoms with Gasteiger partial charge in [-0.1, -0.05) is 42.5 Å². The molecule has 0 heterocycles. The zero-order valence-electron chi connectivity index (χ0n) is 13.0. The molecule has 1 N–H and O–H groups in total. The maximum absolute atomic E-state index is 11.0. The lowest BCUT2D eigenvalue weighted by atomic mass is 10.0. The number of nitro groups is 1. The quantitative estimate of drug-likeness (QED) is 0.434. The van der Waals surface area contributed by atoms with Crippen LogP contribution in [0.15, 0.2) is 65.8 Å². The number of nitrogens with zero attached hydrogens (tertiary/aromatic N) is 2. The lowest BCUT2D eigenvalue weighted by molar-refractivity contribution is -0.384. The minimum Gasteiger partial charge on any atom is -0.496 e. The van der Waals surface area contributed by atoms with Crippen molar-refractivity contribution in [2.75, 3.05) is 12.5 Å². The minimum atomic E-state index is -0.448. The molecule has 120 valence electrons. The Morgan fingerprint density at radius 3 is 2.62 bits per heavy atom. The number of ether oxygens (including phenoxy) is 1. The van der Waals surface area contributed by atoms with Gasteiger partial charge in [-0.2, -0.15) is 5.10 Å². The average molecular weight is 321 g/mol. The number of hydrogen-bond acceptors (Lipinski definition) is 5. The minimum absolute atomic E-state index is 0.0282. The molecule has 24 heavy (non-hydrogen) atoms. The van der Waals surface area contributed by atoms with Crippen LogP contribution in [0.25, 0.3) is 10.8 Å². The van der Waals surface area contributed by atoms with E-state index in [1.807, 2.05) is 36.4 Å². The molecule has 0 bridgehead atoms. The summed E-state index contributed by atoms with van der Waals surface area (Å²) in [6.07, 6.45) is 1.61. The Labute approximate surface area is 138 Å². The van der Waals surface area contributed by atoms with Gasteiger partial charge in [0.15, 0.2) is 0 Å². The number of fused-ring (bicyclic) bond motifs is 1. The summed E-state index contributed by atoms with van der Waals surface area (Å²) >= 11 is 0. The summed E-state index contributed by atoms with van der Waals surface area (Å²) in [5, 5.41) is 17.2. The molecule has 6 heteroatoms. The predicted octanol–water partition coefficient (Wildman–Crippen LogP) is 4.20. The van der Waals surface area contributed by atoms with E-state index >= 15 is 0 Å². The molecule has 0 atom stereocenters. The second-order valence-corrected chi connectivity index (χ2v) is 5.05. The van der Waals surface area contributed by atoms with Crippen molar-refractivity contribution in [3.05, 3.63) is 76.3 Å². The Balaban J connectivity index is 1.95. The highest BCUT2D eigenvalue weighted by molar-refractivity contribution is 6.02. The standard InChI is InChI=1S/C18H15N3O3/c1-24-18-11-10-13-6-2-3-7-14(13)15(18)12-19-20-16-8-4-5-9-17(16)21(22)23/h2-12,20H,1H3. The van der Waals surface area contributed by atoms with E-state index in [9.17, 15) is 10.1 Å². The fourth-order valence-corrected chi connectivity index (χ4v) is 2.48. The summed E-state index contributed by atoms with van der Waals surface area (Å²) in [6.45, 7) is 0. The highest BCUT2D eigenvalue weighted by Gasteiger charge is 2.11. The van der Waals surface area contributed by atoms with Crippen molar-refractivity contribution in [2.24, 2.45) is 5.10 Å². The van der Waals surface area contributed by atoms with Gasteiger partial charge >= 0.3 is 0 Å². The van der Waals surface area contributed by atoms with Crippen LogP contribution in [-0.4, -0.2) is 18.2 Å². The fraction of sp³-hybridized carbons (Fsp3) is 0.0556. The number of benzene rings is 3. The van der Waals surface area contributed by atoms with E-state index in [0.29, 0.717) is 11.4 Å². The van der Waals surface area contributed by atoms with Crippen molar-refractivity contribution in [2.45, 2.75) is 0 Å². The summed E-state index contributed by atoms with van der Waals surface area (Å²) in [4.78, 5) is 10.6. The molecule has 0 aromatic heterocycles. The van der Waals surface area contributed by atoms with Gasteiger partial charge < -0.3 is 4.74 Å². The molecule has 0 fully saturated rings. The average Bonchev–Trinajstić information content (AvgIpc) is 2.62. The number of hydrogen-bond donors (Lipinski definition) is 1. The van der Waals surface area contributed by atoms with Crippen LogP contribution >= 0.6 is 0 Å². The zero-order chi connectivity index (χ0) is 16.9. The second-order valence-electron chi connectivity index (χ2n) is 5.05. The maximum atomic E-state index is 11.0. The number of hydrazone groups is 1. The largest absolute Gasteiger partial charge is 0.496 e. The first kappa shape index (κ1) is 15.5. The highest BCUT2D eigenvalue weighted by atomic mass is 16.6. The van der Waals surface area contributed by atoms with Crippen LogP contribution in [-0.2, 0) is 0 Å². The van der Waals surface area contributed by atoms with Gasteiger partial charge in [-0.15, -0.1) is 0 Å². The van der Waals surface area contributed by atoms with E-state index in [1.165, 1.54) is 6.07 Å². The lowest BCUT2D eigenvalue weighted by Gasteiger charge is -2.08. The molecule has 0 amide bonds. The summed E-state index contributed by atoms with van der Waals surface area (Å²) < 4.78 is 5.39. The van der Waals surface area contributed by atoms with E-state index in [-0.39, 0.29) is 5.69 Å². The smallest absolute Gasteiger partial charge is 0.294 e. The van der Waals surface area contributed by atoms with Gasteiger partial charge in [-0.25, -0.2) is 0 Å². The van der Waals surface area contributed by atoms with Crippen LogP contribution in [0, 0.1) is 10.1 Å². The van der Waals surface area contributed by atoms with Gasteiger partial charge in [0.25, 0.3) is 5.69 Å². The van der Waals surface area contributed by atoms with E-state index in [0.717, 1.165) is 16.3 Å². The molecule has 6 nitrogen and oxygen atoms in total. The van der Waals surface area contributed by atoms with Crippen LogP contribution in [0.2, 0.25) is 0 Å². The molecular weight excluding hydrogens is 306 g/mol. The van der Waals surface area contributed by atoms with Gasteiger partial charge in [0.2, 0.25) is 0 Å². The predicted molar refractivity (Wildman–Crippen MR) is 94.8 cm³/mol. The molecule has 0 spiro atoms. The molecule has 3 aromatic carbocycles. The number of methoxy groups -OCH3 is 1. The van der Waals surface area contributed by atoms with Crippen molar-refractivity contribution in [1.29, 1.82) is 0 Å². The number of nitro benzene ring substituents is 1. The first-order chi connectivity index (χ1) is 11.7. The van der Waals surface area contributed by atoms with E-state index in [1.54, 1.807) is 31.5 Å². The Morgan fingerprint density at radius 1 is 1.08 bits per heavy atom. The fourth-order valence-electron chi connectivity index (χ4n) is 2.48. The molecule has 3 rings (SSSR count). The van der Waals surface area contributed by atoms with Crippen LogP contribution in [0.1, 0.15) is 5.56 Å². The van der Waals surface area contributed by atoms with Gasteiger partial charge in [0, 0.05) is 11.6 Å². The number of anilines is 1. The van der Waals surface area contributed by atoms with Gasteiger partial charge in [-0.3, -0.25) is 15.5 Å². The molecular formula is C18H15N3O3. The van der Waals surface area contributed by atoms with Gasteiger partial charge in [0.05, 0.1) is 18.2 Å². The van der Waals surface area contributed by atoms with Crippen LogP contribution in [0.4, 0.5) is 11.4 Å². The summed E-state index contributed by atoms with van der Waals surface area (Å²) in [6, 6.07) is 18.1. The van der Waals surface area contributed by atoms with E-state index < -0.39 is 4.92 Å². The SMILES string of the molecule is COc1ccc2ccccc2c1C=NNc1ccccc1[N+](=O)[O-]. The first-order valence-electron chi connectivity index (χ1n) is 7.29. The third kappa shape index (κ3) is 3.03. The molecule has 0 aliphatic heterocycles. The third-order valence-corrected chi connectivity index (χ3v) is 3.63. The topological polar surface area (TPSA) is 76.8 Å². The maximum Gasteiger partial charge on any atom is 0.294 e. The monoisotopic (exact) mass is 321 g/mol. The molecule has 0 saturated carbocycles. The van der Waals surface area contributed by atoms with Crippen molar-refractivity contribution in [1.82, 2.24) is 0 Å². The van der Waals surface area contributed by atoms with E-state index in [4.69, 9.17) is 4.74 Å². The molecule has 0 aliphatic rings. The Morgan fingerprint density at radius 2 is 1.83 bits per heavy atom. The molecule has 0 radical (unpaired) electrons. The third-order valence-electron chi connectivity index (χ3n) is 3.63. The van der Waals surface area contributed by atoms with Crippen LogP contribution in [0.3, 0.4) is 0 Å². The first-order valence-corrected chi connectivity index (χ1v) is 7.29. The number of para-hydroxylation sites is 2.